The van der Waals surface area contributed by atoms with E-state index in [2.05, 4.69) is 5.32 Å². The number of carboxylic acid groups (broad SMARTS) is 1. The molecular formula is C14H20N2O5. The molecule has 116 valence electrons. The summed E-state index contributed by atoms with van der Waals surface area (Å²) in [7, 11) is 0. The summed E-state index contributed by atoms with van der Waals surface area (Å²) in [6.45, 7) is 3.20. The van der Waals surface area contributed by atoms with Gasteiger partial charge in [-0.2, -0.15) is 0 Å². The highest BCUT2D eigenvalue weighted by molar-refractivity contribution is 5.77. The first kappa shape index (κ1) is 15.4. The molecule has 1 fully saturated rings. The fraction of sp³-hybridized carbons (Fsp3) is 0.571. The first-order chi connectivity index (χ1) is 10.1. The highest BCUT2D eigenvalue weighted by atomic mass is 16.5. The molecule has 2 heterocycles. The molecule has 2 N–H and O–H groups in total. The lowest BCUT2D eigenvalue weighted by molar-refractivity contribution is -0.142. The van der Waals surface area contributed by atoms with Gasteiger partial charge < -0.3 is 24.5 Å². The van der Waals surface area contributed by atoms with Crippen molar-refractivity contribution in [2.24, 2.45) is 5.92 Å². The lowest BCUT2D eigenvalue weighted by Gasteiger charge is -2.30. The fourth-order valence-corrected chi connectivity index (χ4v) is 2.42. The average Bonchev–Trinajstić information content (AvgIpc) is 3.12. The fourth-order valence-electron chi connectivity index (χ4n) is 2.42. The molecule has 1 saturated heterocycles. The van der Waals surface area contributed by atoms with Gasteiger partial charge in [0.05, 0.1) is 31.8 Å². The van der Waals surface area contributed by atoms with Gasteiger partial charge in [-0.1, -0.05) is 6.92 Å². The van der Waals surface area contributed by atoms with E-state index in [0.29, 0.717) is 13.1 Å². The topological polar surface area (TPSA) is 92.0 Å². The van der Waals surface area contributed by atoms with Crippen molar-refractivity contribution in [3.05, 3.63) is 24.2 Å². The van der Waals surface area contributed by atoms with Crippen LogP contribution in [0.3, 0.4) is 0 Å². The Hall–Kier alpha value is -2.02. The van der Waals surface area contributed by atoms with Crippen molar-refractivity contribution in [1.82, 2.24) is 10.2 Å². The first-order valence-electron chi connectivity index (χ1n) is 6.99. The molecule has 0 saturated carbocycles. The second-order valence-corrected chi connectivity index (χ2v) is 5.03. The molecule has 2 atom stereocenters. The quantitative estimate of drug-likeness (QED) is 0.825. The molecule has 0 radical (unpaired) electrons. The summed E-state index contributed by atoms with van der Waals surface area (Å²) in [5.74, 6) is -1.60. The number of carbonyl (C=O) groups excluding carboxylic acids is 1. The van der Waals surface area contributed by atoms with Crippen LogP contribution in [0, 0.1) is 5.92 Å². The number of nitrogens with zero attached hydrogens (tertiary/aromatic N) is 1. The summed E-state index contributed by atoms with van der Waals surface area (Å²) in [6, 6.07) is 1.06. The lowest BCUT2D eigenvalue weighted by atomic mass is 10.0. The summed E-state index contributed by atoms with van der Waals surface area (Å²) < 4.78 is 10.2. The van der Waals surface area contributed by atoms with Crippen LogP contribution in [0.4, 0.5) is 4.79 Å². The SMILES string of the molecule is CCCN(C(=O)NCc1ccoc1)C1COCC1C(=O)O. The Morgan fingerprint density at radius 1 is 1.48 bits per heavy atom. The second kappa shape index (κ2) is 7.12. The minimum absolute atomic E-state index is 0.148. The van der Waals surface area contributed by atoms with Gasteiger partial charge in [-0.3, -0.25) is 4.79 Å². The Morgan fingerprint density at radius 3 is 2.90 bits per heavy atom. The summed E-state index contributed by atoms with van der Waals surface area (Å²) in [6.07, 6.45) is 3.85. The number of amides is 2. The first-order valence-corrected chi connectivity index (χ1v) is 6.99. The Labute approximate surface area is 122 Å². The zero-order chi connectivity index (χ0) is 15.2. The van der Waals surface area contributed by atoms with Gasteiger partial charge in [0.2, 0.25) is 0 Å². The molecule has 1 aromatic heterocycles. The minimum atomic E-state index is -0.929. The van der Waals surface area contributed by atoms with Crippen LogP contribution in [-0.2, 0) is 16.1 Å². The number of carboxylic acids is 1. The zero-order valence-electron chi connectivity index (χ0n) is 11.9. The Bertz CT molecular complexity index is 474. The number of aliphatic carboxylic acids is 1. The van der Waals surface area contributed by atoms with Crippen LogP contribution in [0.15, 0.2) is 23.0 Å². The van der Waals surface area contributed by atoms with Crippen LogP contribution in [0.1, 0.15) is 18.9 Å². The Kier molecular flexibility index (Phi) is 5.21. The second-order valence-electron chi connectivity index (χ2n) is 5.03. The van der Waals surface area contributed by atoms with Gasteiger partial charge in [0.15, 0.2) is 0 Å². The van der Waals surface area contributed by atoms with Crippen LogP contribution in [-0.4, -0.2) is 47.8 Å². The smallest absolute Gasteiger partial charge is 0.318 e. The van der Waals surface area contributed by atoms with Crippen molar-refractivity contribution >= 4 is 12.0 Å². The highest BCUT2D eigenvalue weighted by Crippen LogP contribution is 2.20. The molecule has 0 aliphatic carbocycles. The van der Waals surface area contributed by atoms with Gasteiger partial charge in [-0.15, -0.1) is 0 Å². The van der Waals surface area contributed by atoms with Gasteiger partial charge in [-0.25, -0.2) is 4.79 Å². The standard InChI is InChI=1S/C14H20N2O5/c1-2-4-16(12-9-21-8-11(12)13(17)18)14(19)15-6-10-3-5-20-7-10/h3,5,7,11-12H,2,4,6,8-9H2,1H3,(H,15,19)(H,17,18). The van der Waals surface area contributed by atoms with Crippen LogP contribution in [0.25, 0.3) is 0 Å². The van der Waals surface area contributed by atoms with E-state index in [1.165, 1.54) is 6.26 Å². The number of hydrogen-bond acceptors (Lipinski definition) is 4. The molecule has 1 aromatic rings. The van der Waals surface area contributed by atoms with Crippen molar-refractivity contribution in [3.8, 4) is 0 Å². The zero-order valence-corrected chi connectivity index (χ0v) is 11.9. The van der Waals surface area contributed by atoms with E-state index in [9.17, 15) is 14.7 Å². The van der Waals surface area contributed by atoms with E-state index in [4.69, 9.17) is 9.15 Å². The van der Waals surface area contributed by atoms with Gasteiger partial charge >= 0.3 is 12.0 Å². The van der Waals surface area contributed by atoms with E-state index < -0.39 is 17.9 Å². The summed E-state index contributed by atoms with van der Waals surface area (Å²) in [4.78, 5) is 25.1. The number of nitrogens with one attached hydrogen (secondary N) is 1. The van der Waals surface area contributed by atoms with Crippen molar-refractivity contribution in [3.63, 3.8) is 0 Å². The van der Waals surface area contributed by atoms with Gasteiger partial charge in [0, 0.05) is 18.7 Å². The summed E-state index contributed by atoms with van der Waals surface area (Å²) in [5, 5.41) is 12.0. The van der Waals surface area contributed by atoms with Crippen LogP contribution < -0.4 is 5.32 Å². The van der Waals surface area contributed by atoms with E-state index in [1.807, 2.05) is 6.92 Å². The highest BCUT2D eigenvalue weighted by Gasteiger charge is 2.39. The number of carbonyl (C=O) groups is 2. The third-order valence-corrected chi connectivity index (χ3v) is 3.52. The van der Waals surface area contributed by atoms with Gasteiger partial charge in [0.1, 0.15) is 5.92 Å². The maximum absolute atomic E-state index is 12.3. The third-order valence-electron chi connectivity index (χ3n) is 3.52. The molecule has 0 spiro atoms. The van der Waals surface area contributed by atoms with Crippen LogP contribution in [0.2, 0.25) is 0 Å². The molecule has 21 heavy (non-hydrogen) atoms. The monoisotopic (exact) mass is 296 g/mol. The number of ether oxygens (including phenoxy) is 1. The Morgan fingerprint density at radius 2 is 2.29 bits per heavy atom. The van der Waals surface area contributed by atoms with Crippen LogP contribution >= 0.6 is 0 Å². The predicted molar refractivity (Wildman–Crippen MR) is 73.7 cm³/mol. The molecule has 1 aliphatic rings. The average molecular weight is 296 g/mol. The molecule has 7 nitrogen and oxygen atoms in total. The number of rotatable bonds is 6. The minimum Gasteiger partial charge on any atom is -0.481 e. The van der Waals surface area contributed by atoms with Crippen molar-refractivity contribution in [2.45, 2.75) is 25.9 Å². The van der Waals surface area contributed by atoms with E-state index in [1.54, 1.807) is 17.2 Å². The largest absolute Gasteiger partial charge is 0.481 e. The van der Waals surface area contributed by atoms with Crippen molar-refractivity contribution in [2.75, 3.05) is 19.8 Å². The normalized spacial score (nSPS) is 21.2. The van der Waals surface area contributed by atoms with E-state index in [-0.39, 0.29) is 19.2 Å². The lowest BCUT2D eigenvalue weighted by Crippen LogP contribution is -2.50. The van der Waals surface area contributed by atoms with E-state index >= 15 is 0 Å². The van der Waals surface area contributed by atoms with Gasteiger partial charge in [-0.05, 0) is 12.5 Å². The molecule has 2 rings (SSSR count). The summed E-state index contributed by atoms with van der Waals surface area (Å²) in [5.41, 5.74) is 0.859. The van der Waals surface area contributed by atoms with Crippen molar-refractivity contribution < 1.29 is 23.8 Å². The maximum Gasteiger partial charge on any atom is 0.318 e. The van der Waals surface area contributed by atoms with E-state index in [0.717, 1.165) is 12.0 Å². The number of hydrogen-bond donors (Lipinski definition) is 2. The molecule has 1 aliphatic heterocycles. The molecule has 0 aromatic carbocycles. The molecule has 7 heteroatoms. The molecular weight excluding hydrogens is 276 g/mol. The van der Waals surface area contributed by atoms with Gasteiger partial charge in [0.25, 0.3) is 0 Å². The maximum atomic E-state index is 12.3. The molecule has 2 amide bonds. The summed E-state index contributed by atoms with van der Waals surface area (Å²) >= 11 is 0. The number of furan rings is 1. The third kappa shape index (κ3) is 3.75. The molecule has 2 unspecified atom stereocenters. The van der Waals surface area contributed by atoms with Crippen LogP contribution in [0.5, 0.6) is 0 Å². The predicted octanol–water partition coefficient (Wildman–Crippen LogP) is 1.30. The Balaban J connectivity index is 1.99. The number of urea groups is 1. The van der Waals surface area contributed by atoms with Crippen molar-refractivity contribution in [1.29, 1.82) is 0 Å². The molecule has 0 bridgehead atoms.